The van der Waals surface area contributed by atoms with Crippen molar-refractivity contribution in [3.05, 3.63) is 0 Å². The van der Waals surface area contributed by atoms with Crippen molar-refractivity contribution in [2.75, 3.05) is 47.4 Å². The molecule has 15 heavy (non-hydrogen) atoms. The molecule has 0 amide bonds. The molecule has 4 heteroatoms. The normalized spacial score (nSPS) is 13.4. The Morgan fingerprint density at radius 3 is 2.60 bits per heavy atom. The van der Waals surface area contributed by atoms with Crippen molar-refractivity contribution in [2.45, 2.75) is 25.4 Å². The van der Waals surface area contributed by atoms with Gasteiger partial charge in [0.15, 0.2) is 0 Å². The first kappa shape index (κ1) is 14.8. The Morgan fingerprint density at radius 2 is 2.00 bits per heavy atom. The molecule has 0 aromatic carbocycles. The van der Waals surface area contributed by atoms with Crippen molar-refractivity contribution in [1.29, 1.82) is 0 Å². The van der Waals surface area contributed by atoms with Gasteiger partial charge < -0.3 is 20.1 Å². The lowest BCUT2D eigenvalue weighted by Gasteiger charge is -2.16. The number of unbranched alkanes of at least 4 members (excludes halogenated alkanes) is 2. The Bertz CT molecular complexity index is 132. The van der Waals surface area contributed by atoms with Crippen molar-refractivity contribution in [3.8, 4) is 0 Å². The molecular weight excluding hydrogens is 192 g/mol. The van der Waals surface area contributed by atoms with E-state index in [0.29, 0.717) is 6.54 Å². The first-order chi connectivity index (χ1) is 7.16. The minimum Gasteiger partial charge on any atom is -0.390 e. The Kier molecular flexibility index (Phi) is 10.3. The highest BCUT2D eigenvalue weighted by molar-refractivity contribution is 4.62. The number of likely N-dealkylation sites (N-methyl/N-ethyl adjacent to an activating group) is 1. The van der Waals surface area contributed by atoms with Gasteiger partial charge in [-0.25, -0.2) is 0 Å². The van der Waals surface area contributed by atoms with E-state index in [-0.39, 0.29) is 6.10 Å². The lowest BCUT2D eigenvalue weighted by atomic mass is 10.2. The molecule has 0 spiro atoms. The molecule has 0 aliphatic carbocycles. The van der Waals surface area contributed by atoms with Crippen molar-refractivity contribution in [2.24, 2.45) is 0 Å². The molecule has 4 nitrogen and oxygen atoms in total. The van der Waals surface area contributed by atoms with E-state index in [1.807, 2.05) is 19.0 Å². The van der Waals surface area contributed by atoms with E-state index < -0.39 is 0 Å². The van der Waals surface area contributed by atoms with Crippen LogP contribution in [0.2, 0.25) is 0 Å². The first-order valence-electron chi connectivity index (χ1n) is 5.69. The van der Waals surface area contributed by atoms with Crippen LogP contribution < -0.4 is 5.32 Å². The molecule has 0 bridgehead atoms. The van der Waals surface area contributed by atoms with Crippen molar-refractivity contribution in [3.63, 3.8) is 0 Å². The fourth-order valence-corrected chi connectivity index (χ4v) is 1.43. The molecule has 1 atom stereocenters. The standard InChI is InChI=1S/C11H26N2O2/c1-13(2)10-11(14)9-12-7-5-4-6-8-15-3/h11-12,14H,4-10H2,1-3H3. The summed E-state index contributed by atoms with van der Waals surface area (Å²) < 4.78 is 4.96. The van der Waals surface area contributed by atoms with Gasteiger partial charge in [0.25, 0.3) is 0 Å². The predicted octanol–water partition coefficient (Wildman–Crippen LogP) is 0.315. The SMILES string of the molecule is COCCCCCNCC(O)CN(C)C. The van der Waals surface area contributed by atoms with Crippen LogP contribution in [0.3, 0.4) is 0 Å². The van der Waals surface area contributed by atoms with Gasteiger partial charge in [-0.3, -0.25) is 0 Å². The van der Waals surface area contributed by atoms with Crippen LogP contribution >= 0.6 is 0 Å². The van der Waals surface area contributed by atoms with Gasteiger partial charge in [-0.15, -0.1) is 0 Å². The summed E-state index contributed by atoms with van der Waals surface area (Å²) in [7, 11) is 5.66. The van der Waals surface area contributed by atoms with Crippen molar-refractivity contribution in [1.82, 2.24) is 10.2 Å². The topological polar surface area (TPSA) is 44.7 Å². The summed E-state index contributed by atoms with van der Waals surface area (Å²) in [6.07, 6.45) is 3.19. The van der Waals surface area contributed by atoms with Gasteiger partial charge in [0.1, 0.15) is 0 Å². The van der Waals surface area contributed by atoms with Crippen LogP contribution in [0, 0.1) is 0 Å². The molecular formula is C11H26N2O2. The van der Waals surface area contributed by atoms with Crippen LogP contribution in [0.15, 0.2) is 0 Å². The minimum atomic E-state index is -0.265. The molecule has 0 aliphatic heterocycles. The highest BCUT2D eigenvalue weighted by atomic mass is 16.5. The van der Waals surface area contributed by atoms with Gasteiger partial charge in [-0.1, -0.05) is 0 Å². The Balaban J connectivity index is 3.09. The molecule has 0 heterocycles. The van der Waals surface area contributed by atoms with Crippen LogP contribution in [0.5, 0.6) is 0 Å². The fourth-order valence-electron chi connectivity index (χ4n) is 1.43. The summed E-state index contributed by atoms with van der Waals surface area (Å²) >= 11 is 0. The van der Waals surface area contributed by atoms with Crippen LogP contribution in [-0.4, -0.2) is 63.6 Å². The maximum Gasteiger partial charge on any atom is 0.0791 e. The first-order valence-corrected chi connectivity index (χ1v) is 5.69. The third-order valence-corrected chi connectivity index (χ3v) is 2.16. The Labute approximate surface area is 93.6 Å². The van der Waals surface area contributed by atoms with E-state index in [4.69, 9.17) is 4.74 Å². The number of aliphatic hydroxyl groups excluding tert-OH is 1. The summed E-state index contributed by atoms with van der Waals surface area (Å²) in [5.74, 6) is 0. The van der Waals surface area contributed by atoms with Crippen LogP contribution in [-0.2, 0) is 4.74 Å². The number of ether oxygens (including phenoxy) is 1. The van der Waals surface area contributed by atoms with Gasteiger partial charge in [0.2, 0.25) is 0 Å². The predicted molar refractivity (Wildman–Crippen MR) is 63.2 cm³/mol. The second-order valence-electron chi connectivity index (χ2n) is 4.17. The average Bonchev–Trinajstić information content (AvgIpc) is 2.15. The van der Waals surface area contributed by atoms with E-state index in [0.717, 1.165) is 32.5 Å². The van der Waals surface area contributed by atoms with E-state index in [1.165, 1.54) is 6.42 Å². The number of hydrogen-bond donors (Lipinski definition) is 2. The number of rotatable bonds is 10. The van der Waals surface area contributed by atoms with Crippen LogP contribution in [0.25, 0.3) is 0 Å². The van der Waals surface area contributed by atoms with E-state index >= 15 is 0 Å². The van der Waals surface area contributed by atoms with E-state index in [1.54, 1.807) is 7.11 Å². The van der Waals surface area contributed by atoms with Gasteiger partial charge >= 0.3 is 0 Å². The van der Waals surface area contributed by atoms with Crippen LogP contribution in [0.4, 0.5) is 0 Å². The second kappa shape index (κ2) is 10.4. The maximum atomic E-state index is 9.54. The van der Waals surface area contributed by atoms with Crippen LogP contribution in [0.1, 0.15) is 19.3 Å². The number of nitrogens with zero attached hydrogens (tertiary/aromatic N) is 1. The summed E-state index contributed by atoms with van der Waals surface area (Å²) in [4.78, 5) is 1.99. The molecule has 0 rings (SSSR count). The molecule has 1 unspecified atom stereocenters. The van der Waals surface area contributed by atoms with E-state index in [9.17, 15) is 5.11 Å². The summed E-state index contributed by atoms with van der Waals surface area (Å²) in [6, 6.07) is 0. The zero-order valence-electron chi connectivity index (χ0n) is 10.3. The van der Waals surface area contributed by atoms with Gasteiger partial charge in [0.05, 0.1) is 6.10 Å². The number of hydrogen-bond acceptors (Lipinski definition) is 4. The molecule has 0 radical (unpaired) electrons. The van der Waals surface area contributed by atoms with Gasteiger partial charge in [0, 0.05) is 26.8 Å². The van der Waals surface area contributed by atoms with Crippen molar-refractivity contribution >= 4 is 0 Å². The Morgan fingerprint density at radius 1 is 1.27 bits per heavy atom. The molecule has 0 aromatic rings. The molecule has 0 fully saturated rings. The van der Waals surface area contributed by atoms with Gasteiger partial charge in [-0.05, 0) is 39.9 Å². The largest absolute Gasteiger partial charge is 0.390 e. The van der Waals surface area contributed by atoms with Gasteiger partial charge in [-0.2, -0.15) is 0 Å². The molecule has 92 valence electrons. The molecule has 0 aromatic heterocycles. The Hall–Kier alpha value is -0.160. The highest BCUT2D eigenvalue weighted by Crippen LogP contribution is 1.93. The molecule has 2 N–H and O–H groups in total. The second-order valence-corrected chi connectivity index (χ2v) is 4.17. The summed E-state index contributed by atoms with van der Waals surface area (Å²) in [5, 5.41) is 12.8. The maximum absolute atomic E-state index is 9.54. The lowest BCUT2D eigenvalue weighted by molar-refractivity contribution is 0.134. The monoisotopic (exact) mass is 218 g/mol. The van der Waals surface area contributed by atoms with E-state index in [2.05, 4.69) is 5.32 Å². The molecule has 0 aliphatic rings. The number of nitrogens with one attached hydrogen (secondary N) is 1. The minimum absolute atomic E-state index is 0.265. The van der Waals surface area contributed by atoms with Crippen molar-refractivity contribution < 1.29 is 9.84 Å². The highest BCUT2D eigenvalue weighted by Gasteiger charge is 2.03. The molecule has 0 saturated carbocycles. The zero-order valence-corrected chi connectivity index (χ0v) is 10.3. The fraction of sp³-hybridized carbons (Fsp3) is 1.00. The summed E-state index contributed by atoms with van der Waals surface area (Å²) in [5.41, 5.74) is 0. The third kappa shape index (κ3) is 11.8. The lowest BCUT2D eigenvalue weighted by Crippen LogP contribution is -2.35. The molecule has 0 saturated heterocycles. The number of aliphatic hydroxyl groups is 1. The third-order valence-electron chi connectivity index (χ3n) is 2.16. The number of methoxy groups -OCH3 is 1. The average molecular weight is 218 g/mol. The zero-order chi connectivity index (χ0) is 11.5. The summed E-state index contributed by atoms with van der Waals surface area (Å²) in [6.45, 7) is 3.23. The quantitative estimate of drug-likeness (QED) is 0.518. The smallest absolute Gasteiger partial charge is 0.0791 e.